The predicted molar refractivity (Wildman–Crippen MR) is 90.8 cm³/mol. The lowest BCUT2D eigenvalue weighted by molar-refractivity contribution is -0.117. The molecule has 2 aromatic rings. The number of rotatable bonds is 3. The number of pyridine rings is 1. The minimum absolute atomic E-state index is 0.0418. The molecule has 1 saturated carbocycles. The number of aromatic nitrogens is 1. The normalized spacial score (nSPS) is 16.2. The van der Waals surface area contributed by atoms with Crippen LogP contribution in [0.1, 0.15) is 37.8 Å². The number of halogens is 1. The molecule has 1 N–H and O–H groups in total. The van der Waals surface area contributed by atoms with E-state index < -0.39 is 0 Å². The van der Waals surface area contributed by atoms with Crippen LogP contribution in [-0.4, -0.2) is 16.9 Å². The summed E-state index contributed by atoms with van der Waals surface area (Å²) in [5.74, 6) is -0.0418. The Bertz CT molecular complexity index is 705. The van der Waals surface area contributed by atoms with Gasteiger partial charge >= 0.3 is 0 Å². The van der Waals surface area contributed by atoms with Gasteiger partial charge in [0, 0.05) is 22.5 Å². The first-order valence-electron chi connectivity index (χ1n) is 7.75. The van der Waals surface area contributed by atoms with Crippen molar-refractivity contribution in [3.63, 3.8) is 0 Å². The van der Waals surface area contributed by atoms with Gasteiger partial charge in [0.05, 0.1) is 11.2 Å². The van der Waals surface area contributed by atoms with Crippen LogP contribution in [0.3, 0.4) is 0 Å². The number of amides is 1. The standard InChI is InChI=1S/C18H19ClN2O/c19-14-8-6-13-7-9-16(20-17(13)12-14)10-11-18(22)21-15-4-2-1-3-5-15/h6-12,15H,1-5H2,(H,21,22). The van der Waals surface area contributed by atoms with E-state index in [1.807, 2.05) is 30.3 Å². The van der Waals surface area contributed by atoms with Crippen LogP contribution in [0, 0.1) is 0 Å². The SMILES string of the molecule is O=C(C=Cc1ccc2ccc(Cl)cc2n1)NC1CCCCC1. The van der Waals surface area contributed by atoms with Crippen molar-refractivity contribution in [2.45, 2.75) is 38.1 Å². The summed E-state index contributed by atoms with van der Waals surface area (Å²) in [6, 6.07) is 9.83. The Morgan fingerprint density at radius 1 is 1.18 bits per heavy atom. The maximum Gasteiger partial charge on any atom is 0.244 e. The highest BCUT2D eigenvalue weighted by molar-refractivity contribution is 6.31. The number of hydrogen-bond acceptors (Lipinski definition) is 2. The van der Waals surface area contributed by atoms with Gasteiger partial charge in [0.2, 0.25) is 5.91 Å². The van der Waals surface area contributed by atoms with Crippen molar-refractivity contribution in [1.29, 1.82) is 0 Å². The minimum atomic E-state index is -0.0418. The van der Waals surface area contributed by atoms with E-state index >= 15 is 0 Å². The van der Waals surface area contributed by atoms with Crippen LogP contribution in [0.5, 0.6) is 0 Å². The van der Waals surface area contributed by atoms with Crippen molar-refractivity contribution in [2.75, 3.05) is 0 Å². The van der Waals surface area contributed by atoms with E-state index in [0.717, 1.165) is 29.4 Å². The highest BCUT2D eigenvalue weighted by Crippen LogP contribution is 2.19. The molecule has 0 saturated heterocycles. The molecule has 0 aliphatic heterocycles. The third-order valence-electron chi connectivity index (χ3n) is 4.03. The molecule has 0 unspecified atom stereocenters. The fraction of sp³-hybridized carbons (Fsp3) is 0.333. The van der Waals surface area contributed by atoms with Crippen LogP contribution in [-0.2, 0) is 4.79 Å². The summed E-state index contributed by atoms with van der Waals surface area (Å²) in [4.78, 5) is 16.5. The van der Waals surface area contributed by atoms with Gasteiger partial charge in [-0.05, 0) is 37.1 Å². The molecule has 0 spiro atoms. The third-order valence-corrected chi connectivity index (χ3v) is 4.27. The Kier molecular flexibility index (Phi) is 4.74. The van der Waals surface area contributed by atoms with Crippen LogP contribution in [0.2, 0.25) is 5.02 Å². The molecule has 22 heavy (non-hydrogen) atoms. The molecule has 0 bridgehead atoms. The van der Waals surface area contributed by atoms with Gasteiger partial charge < -0.3 is 5.32 Å². The second-order valence-electron chi connectivity index (χ2n) is 5.75. The Labute approximate surface area is 135 Å². The monoisotopic (exact) mass is 314 g/mol. The first-order chi connectivity index (χ1) is 10.7. The fourth-order valence-corrected chi connectivity index (χ4v) is 3.02. The smallest absolute Gasteiger partial charge is 0.244 e. The summed E-state index contributed by atoms with van der Waals surface area (Å²) >= 11 is 5.98. The van der Waals surface area contributed by atoms with Crippen LogP contribution >= 0.6 is 11.6 Å². The van der Waals surface area contributed by atoms with Crippen molar-refractivity contribution in [3.8, 4) is 0 Å². The minimum Gasteiger partial charge on any atom is -0.350 e. The molecule has 4 heteroatoms. The number of carbonyl (C=O) groups excluding carboxylic acids is 1. The van der Waals surface area contributed by atoms with Crippen LogP contribution in [0.4, 0.5) is 0 Å². The quantitative estimate of drug-likeness (QED) is 0.856. The molecule has 3 rings (SSSR count). The predicted octanol–water partition coefficient (Wildman–Crippen LogP) is 4.35. The van der Waals surface area contributed by atoms with Crippen molar-refractivity contribution in [2.24, 2.45) is 0 Å². The highest BCUT2D eigenvalue weighted by Gasteiger charge is 2.14. The van der Waals surface area contributed by atoms with E-state index in [9.17, 15) is 4.79 Å². The number of nitrogens with zero attached hydrogens (tertiary/aromatic N) is 1. The van der Waals surface area contributed by atoms with Crippen LogP contribution < -0.4 is 5.32 Å². The molecule has 114 valence electrons. The van der Waals surface area contributed by atoms with Gasteiger partial charge in [0.15, 0.2) is 0 Å². The van der Waals surface area contributed by atoms with Crippen molar-refractivity contribution in [3.05, 3.63) is 47.1 Å². The first-order valence-corrected chi connectivity index (χ1v) is 8.13. The summed E-state index contributed by atoms with van der Waals surface area (Å²) in [6.45, 7) is 0. The average Bonchev–Trinajstić information content (AvgIpc) is 2.53. The Hall–Kier alpha value is -1.87. The van der Waals surface area contributed by atoms with Crippen molar-refractivity contribution in [1.82, 2.24) is 10.3 Å². The van der Waals surface area contributed by atoms with Crippen molar-refractivity contribution < 1.29 is 4.79 Å². The molecule has 0 radical (unpaired) electrons. The van der Waals surface area contributed by atoms with Crippen LogP contribution in [0.15, 0.2) is 36.4 Å². The zero-order valence-corrected chi connectivity index (χ0v) is 13.1. The molecule has 1 aromatic heterocycles. The van der Waals surface area contributed by atoms with E-state index in [0.29, 0.717) is 11.1 Å². The molecular weight excluding hydrogens is 296 g/mol. The number of benzene rings is 1. The molecule has 1 heterocycles. The lowest BCUT2D eigenvalue weighted by atomic mass is 9.95. The molecule has 0 atom stereocenters. The van der Waals surface area contributed by atoms with E-state index in [-0.39, 0.29) is 5.91 Å². The van der Waals surface area contributed by atoms with Gasteiger partial charge in [-0.2, -0.15) is 0 Å². The number of hydrogen-bond donors (Lipinski definition) is 1. The zero-order valence-electron chi connectivity index (χ0n) is 12.4. The molecular formula is C18H19ClN2O. The summed E-state index contributed by atoms with van der Waals surface area (Å²) in [6.07, 6.45) is 9.19. The summed E-state index contributed by atoms with van der Waals surface area (Å²) < 4.78 is 0. The average molecular weight is 315 g/mol. The van der Waals surface area contributed by atoms with Gasteiger partial charge in [-0.15, -0.1) is 0 Å². The first kappa shape index (κ1) is 15.0. The number of fused-ring (bicyclic) bond motifs is 1. The molecule has 1 aromatic carbocycles. The third kappa shape index (κ3) is 3.86. The van der Waals surface area contributed by atoms with Gasteiger partial charge in [-0.25, -0.2) is 4.98 Å². The summed E-state index contributed by atoms with van der Waals surface area (Å²) in [7, 11) is 0. The number of nitrogens with one attached hydrogen (secondary N) is 1. The van der Waals surface area contributed by atoms with E-state index in [2.05, 4.69) is 10.3 Å². The molecule has 1 aliphatic rings. The van der Waals surface area contributed by atoms with E-state index in [1.54, 1.807) is 12.2 Å². The Morgan fingerprint density at radius 2 is 1.95 bits per heavy atom. The maximum atomic E-state index is 12.0. The second-order valence-corrected chi connectivity index (χ2v) is 6.19. The lowest BCUT2D eigenvalue weighted by Gasteiger charge is -2.21. The van der Waals surface area contributed by atoms with Crippen LogP contribution in [0.25, 0.3) is 17.0 Å². The summed E-state index contributed by atoms with van der Waals surface area (Å²) in [5, 5.41) is 4.76. The maximum absolute atomic E-state index is 12.0. The molecule has 1 amide bonds. The van der Waals surface area contributed by atoms with Gasteiger partial charge in [0.25, 0.3) is 0 Å². The summed E-state index contributed by atoms with van der Waals surface area (Å²) in [5.41, 5.74) is 1.59. The van der Waals surface area contributed by atoms with Crippen molar-refractivity contribution >= 4 is 34.5 Å². The lowest BCUT2D eigenvalue weighted by Crippen LogP contribution is -2.34. The van der Waals surface area contributed by atoms with E-state index in [1.165, 1.54) is 19.3 Å². The molecule has 1 aliphatic carbocycles. The molecule has 3 nitrogen and oxygen atoms in total. The van der Waals surface area contributed by atoms with Gasteiger partial charge in [0.1, 0.15) is 0 Å². The number of carbonyl (C=O) groups is 1. The highest BCUT2D eigenvalue weighted by atomic mass is 35.5. The Morgan fingerprint density at radius 3 is 2.77 bits per heavy atom. The van der Waals surface area contributed by atoms with E-state index in [4.69, 9.17) is 11.6 Å². The molecule has 1 fully saturated rings. The largest absolute Gasteiger partial charge is 0.350 e. The topological polar surface area (TPSA) is 42.0 Å². The van der Waals surface area contributed by atoms with Gasteiger partial charge in [-0.3, -0.25) is 4.79 Å². The Balaban J connectivity index is 1.67. The second kappa shape index (κ2) is 6.93. The zero-order chi connectivity index (χ0) is 15.4. The fourth-order valence-electron chi connectivity index (χ4n) is 2.86. The van der Waals surface area contributed by atoms with Gasteiger partial charge in [-0.1, -0.05) is 43.0 Å².